The molecule has 0 amide bonds. The first kappa shape index (κ1) is 9.55. The molecule has 2 rings (SSSR count). The molecule has 4 nitrogen and oxygen atoms in total. The highest BCUT2D eigenvalue weighted by molar-refractivity contribution is 5.01. The molecule has 1 fully saturated rings. The minimum Gasteiger partial charge on any atom is -0.315 e. The van der Waals surface area contributed by atoms with E-state index >= 15 is 0 Å². The predicted molar refractivity (Wildman–Crippen MR) is 54.9 cm³/mol. The first-order valence-corrected chi connectivity index (χ1v) is 5.09. The lowest BCUT2D eigenvalue weighted by Crippen LogP contribution is -2.33. The van der Waals surface area contributed by atoms with Crippen LogP contribution < -0.4 is 10.6 Å². The standard InChI is InChI=1S/C10H16N4/c1-8(10-7-12-4-5-13-10)14-9-2-3-11-6-9/h4-5,7-9,11,14H,2-3,6H2,1H3/t8-,9-/m0/s1. The van der Waals surface area contributed by atoms with Crippen LogP contribution in [0.1, 0.15) is 25.1 Å². The van der Waals surface area contributed by atoms with Crippen LogP contribution in [-0.4, -0.2) is 29.1 Å². The molecule has 2 heterocycles. The zero-order chi connectivity index (χ0) is 9.80. The van der Waals surface area contributed by atoms with Gasteiger partial charge in [-0.1, -0.05) is 0 Å². The smallest absolute Gasteiger partial charge is 0.0753 e. The molecule has 0 radical (unpaired) electrons. The van der Waals surface area contributed by atoms with Crippen molar-refractivity contribution in [2.24, 2.45) is 0 Å². The van der Waals surface area contributed by atoms with Gasteiger partial charge < -0.3 is 10.6 Å². The monoisotopic (exact) mass is 192 g/mol. The third kappa shape index (κ3) is 2.27. The van der Waals surface area contributed by atoms with Crippen molar-refractivity contribution in [2.45, 2.75) is 25.4 Å². The third-order valence-corrected chi connectivity index (χ3v) is 2.57. The fourth-order valence-electron chi connectivity index (χ4n) is 1.77. The van der Waals surface area contributed by atoms with Crippen molar-refractivity contribution in [2.75, 3.05) is 13.1 Å². The Bertz CT molecular complexity index is 269. The molecule has 1 aliphatic heterocycles. The Morgan fingerprint density at radius 1 is 1.57 bits per heavy atom. The van der Waals surface area contributed by atoms with Crippen LogP contribution in [0.2, 0.25) is 0 Å². The lowest BCUT2D eigenvalue weighted by molar-refractivity contribution is 0.470. The van der Waals surface area contributed by atoms with E-state index in [-0.39, 0.29) is 6.04 Å². The Hall–Kier alpha value is -1.00. The van der Waals surface area contributed by atoms with Gasteiger partial charge >= 0.3 is 0 Å². The van der Waals surface area contributed by atoms with Crippen LogP contribution in [0.5, 0.6) is 0 Å². The highest BCUT2D eigenvalue weighted by Gasteiger charge is 2.17. The van der Waals surface area contributed by atoms with Gasteiger partial charge in [0, 0.05) is 37.2 Å². The molecule has 0 aliphatic carbocycles. The van der Waals surface area contributed by atoms with Crippen LogP contribution in [0.3, 0.4) is 0 Å². The molecule has 0 saturated carbocycles. The highest BCUT2D eigenvalue weighted by Crippen LogP contribution is 2.10. The second-order valence-electron chi connectivity index (χ2n) is 3.71. The normalized spacial score (nSPS) is 23.6. The first-order chi connectivity index (χ1) is 6.86. The number of rotatable bonds is 3. The summed E-state index contributed by atoms with van der Waals surface area (Å²) < 4.78 is 0. The Morgan fingerprint density at radius 2 is 2.50 bits per heavy atom. The van der Waals surface area contributed by atoms with E-state index in [1.54, 1.807) is 12.4 Å². The van der Waals surface area contributed by atoms with Crippen LogP contribution in [0.15, 0.2) is 18.6 Å². The molecule has 1 saturated heterocycles. The molecule has 1 aromatic rings. The van der Waals surface area contributed by atoms with Crippen molar-refractivity contribution in [3.63, 3.8) is 0 Å². The van der Waals surface area contributed by atoms with E-state index in [9.17, 15) is 0 Å². The zero-order valence-corrected chi connectivity index (χ0v) is 8.40. The van der Waals surface area contributed by atoms with Crippen LogP contribution in [-0.2, 0) is 0 Å². The van der Waals surface area contributed by atoms with Gasteiger partial charge in [0.05, 0.1) is 5.69 Å². The maximum Gasteiger partial charge on any atom is 0.0753 e. The lowest BCUT2D eigenvalue weighted by atomic mass is 10.2. The average molecular weight is 192 g/mol. The Morgan fingerprint density at radius 3 is 3.14 bits per heavy atom. The van der Waals surface area contributed by atoms with Crippen LogP contribution in [0.4, 0.5) is 0 Å². The van der Waals surface area contributed by atoms with E-state index in [4.69, 9.17) is 0 Å². The minimum absolute atomic E-state index is 0.286. The average Bonchev–Trinajstić information content (AvgIpc) is 2.72. The largest absolute Gasteiger partial charge is 0.315 e. The number of hydrogen-bond acceptors (Lipinski definition) is 4. The summed E-state index contributed by atoms with van der Waals surface area (Å²) in [5.74, 6) is 0. The molecule has 0 bridgehead atoms. The van der Waals surface area contributed by atoms with Crippen LogP contribution in [0, 0.1) is 0 Å². The third-order valence-electron chi connectivity index (χ3n) is 2.57. The summed E-state index contributed by atoms with van der Waals surface area (Å²) >= 11 is 0. The quantitative estimate of drug-likeness (QED) is 0.731. The minimum atomic E-state index is 0.286. The van der Waals surface area contributed by atoms with E-state index in [2.05, 4.69) is 27.5 Å². The number of aromatic nitrogens is 2. The van der Waals surface area contributed by atoms with Crippen molar-refractivity contribution >= 4 is 0 Å². The Kier molecular flexibility index (Phi) is 3.06. The number of hydrogen-bond donors (Lipinski definition) is 2. The molecule has 1 aliphatic rings. The second-order valence-corrected chi connectivity index (χ2v) is 3.71. The van der Waals surface area contributed by atoms with Gasteiger partial charge in [0.2, 0.25) is 0 Å². The van der Waals surface area contributed by atoms with Gasteiger partial charge in [0.25, 0.3) is 0 Å². The maximum absolute atomic E-state index is 4.28. The molecule has 0 spiro atoms. The molecule has 0 aromatic carbocycles. The summed E-state index contributed by atoms with van der Waals surface area (Å²) in [7, 11) is 0. The topological polar surface area (TPSA) is 49.8 Å². The van der Waals surface area contributed by atoms with E-state index in [0.29, 0.717) is 6.04 Å². The summed E-state index contributed by atoms with van der Waals surface area (Å²) in [6, 6.07) is 0.862. The molecule has 4 heteroatoms. The summed E-state index contributed by atoms with van der Waals surface area (Å²) in [4.78, 5) is 8.34. The SMILES string of the molecule is C[C@H](N[C@H]1CCNC1)c1cnccn1. The van der Waals surface area contributed by atoms with Gasteiger partial charge in [-0.2, -0.15) is 0 Å². The van der Waals surface area contributed by atoms with Crippen molar-refractivity contribution in [3.05, 3.63) is 24.3 Å². The van der Waals surface area contributed by atoms with E-state index in [0.717, 1.165) is 18.8 Å². The van der Waals surface area contributed by atoms with E-state index in [1.807, 2.05) is 6.20 Å². The van der Waals surface area contributed by atoms with Gasteiger partial charge in [-0.05, 0) is 19.9 Å². The molecular weight excluding hydrogens is 176 g/mol. The highest BCUT2D eigenvalue weighted by atomic mass is 15.1. The van der Waals surface area contributed by atoms with Crippen molar-refractivity contribution in [3.8, 4) is 0 Å². The molecule has 0 unspecified atom stereocenters. The summed E-state index contributed by atoms with van der Waals surface area (Å²) in [6.45, 7) is 4.30. The van der Waals surface area contributed by atoms with Gasteiger partial charge in [0.1, 0.15) is 0 Å². The van der Waals surface area contributed by atoms with Gasteiger partial charge in [-0.3, -0.25) is 9.97 Å². The van der Waals surface area contributed by atoms with Crippen LogP contribution >= 0.6 is 0 Å². The molecule has 2 atom stereocenters. The van der Waals surface area contributed by atoms with Gasteiger partial charge in [0.15, 0.2) is 0 Å². The molecule has 14 heavy (non-hydrogen) atoms. The summed E-state index contributed by atoms with van der Waals surface area (Å²) in [6.07, 6.45) is 6.46. The van der Waals surface area contributed by atoms with Crippen molar-refractivity contribution in [1.82, 2.24) is 20.6 Å². The molecule has 1 aromatic heterocycles. The van der Waals surface area contributed by atoms with Crippen LogP contribution in [0.25, 0.3) is 0 Å². The first-order valence-electron chi connectivity index (χ1n) is 5.09. The maximum atomic E-state index is 4.28. The van der Waals surface area contributed by atoms with E-state index in [1.165, 1.54) is 6.42 Å². The fraction of sp³-hybridized carbons (Fsp3) is 0.600. The number of nitrogens with one attached hydrogen (secondary N) is 2. The zero-order valence-electron chi connectivity index (χ0n) is 8.40. The van der Waals surface area contributed by atoms with Crippen molar-refractivity contribution < 1.29 is 0 Å². The predicted octanol–water partition coefficient (Wildman–Crippen LogP) is 0.489. The Labute approximate surface area is 84.2 Å². The molecule has 2 N–H and O–H groups in total. The molecular formula is C10H16N4. The summed E-state index contributed by atoms with van der Waals surface area (Å²) in [5.41, 5.74) is 1.01. The van der Waals surface area contributed by atoms with Gasteiger partial charge in [-0.25, -0.2) is 0 Å². The van der Waals surface area contributed by atoms with Crippen molar-refractivity contribution in [1.29, 1.82) is 0 Å². The van der Waals surface area contributed by atoms with E-state index < -0.39 is 0 Å². The Balaban J connectivity index is 1.92. The second kappa shape index (κ2) is 4.48. The molecule has 76 valence electrons. The lowest BCUT2D eigenvalue weighted by Gasteiger charge is -2.17. The number of nitrogens with zero attached hydrogens (tertiary/aromatic N) is 2. The van der Waals surface area contributed by atoms with Gasteiger partial charge in [-0.15, -0.1) is 0 Å². The fourth-order valence-corrected chi connectivity index (χ4v) is 1.77. The summed E-state index contributed by atoms with van der Waals surface area (Å²) in [5, 5.41) is 6.86.